The fourth-order valence-corrected chi connectivity index (χ4v) is 6.02. The number of nitrogens with zero attached hydrogens (tertiary/aromatic N) is 4. The molecule has 41 heavy (non-hydrogen) atoms. The number of pyridine rings is 1. The minimum atomic E-state index is -0.292. The first kappa shape index (κ1) is 30.0. The smallest absolute Gasteiger partial charge is 0.307 e. The second kappa shape index (κ2) is 14.6. The van der Waals surface area contributed by atoms with Crippen molar-refractivity contribution in [1.29, 1.82) is 10.5 Å². The van der Waals surface area contributed by atoms with Crippen molar-refractivity contribution in [1.82, 2.24) is 9.97 Å². The summed E-state index contributed by atoms with van der Waals surface area (Å²) in [5.41, 5.74) is 10.2. The average molecular weight is 603 g/mol. The Hall–Kier alpha value is -3.93. The number of ether oxygens (including phenoxy) is 1. The lowest BCUT2D eigenvalue weighted by atomic mass is 9.95. The molecule has 208 valence electrons. The van der Waals surface area contributed by atoms with Gasteiger partial charge in [0.05, 0.1) is 24.3 Å². The van der Waals surface area contributed by atoms with Crippen molar-refractivity contribution in [3.8, 4) is 33.8 Å². The molecule has 0 aliphatic rings. The molecule has 0 radical (unpaired) electrons. The number of thioether (sulfide) groups is 1. The number of esters is 1. The quantitative estimate of drug-likeness (QED) is 0.107. The number of thiazole rings is 1. The van der Waals surface area contributed by atoms with Gasteiger partial charge < -0.3 is 15.8 Å². The molecule has 0 unspecified atom stereocenters. The third-order valence-corrected chi connectivity index (χ3v) is 8.29. The van der Waals surface area contributed by atoms with Crippen LogP contribution in [-0.2, 0) is 21.7 Å². The highest BCUT2D eigenvalue weighted by Crippen LogP contribution is 2.38. The number of aryl methyl sites for hydroxylation is 1. The molecule has 2 heterocycles. The molecule has 2 aromatic heterocycles. The monoisotopic (exact) mass is 602 g/mol. The van der Waals surface area contributed by atoms with E-state index in [4.69, 9.17) is 27.1 Å². The summed E-state index contributed by atoms with van der Waals surface area (Å²) in [6.07, 6.45) is 1.61. The molecule has 0 bridgehead atoms. The zero-order valence-electron chi connectivity index (χ0n) is 22.3. The third kappa shape index (κ3) is 7.63. The van der Waals surface area contributed by atoms with Crippen LogP contribution in [0, 0.1) is 22.7 Å². The Morgan fingerprint density at radius 2 is 1.78 bits per heavy atom. The van der Waals surface area contributed by atoms with E-state index in [1.807, 2.05) is 53.9 Å². The van der Waals surface area contributed by atoms with Crippen LogP contribution < -0.4 is 11.1 Å². The fourth-order valence-electron chi connectivity index (χ4n) is 4.08. The van der Waals surface area contributed by atoms with Gasteiger partial charge in [-0.1, -0.05) is 59.8 Å². The molecule has 0 fully saturated rings. The average Bonchev–Trinajstić information content (AvgIpc) is 3.47. The summed E-state index contributed by atoms with van der Waals surface area (Å²) in [6, 6.07) is 19.8. The lowest BCUT2D eigenvalue weighted by Gasteiger charge is -2.15. The van der Waals surface area contributed by atoms with Crippen molar-refractivity contribution >= 4 is 46.5 Å². The summed E-state index contributed by atoms with van der Waals surface area (Å²) in [4.78, 5) is 20.8. The van der Waals surface area contributed by atoms with E-state index in [1.165, 1.54) is 11.8 Å². The molecule has 0 spiro atoms. The standard InChI is InChI=1S/C30H27ClN6O2S2/c1-35-28-24(15-33)27(20-6-4-19(5-7-20)3-2-14-39-26(38)12-13-32)25(16-34)30(37-28)41-18-23-17-40-29(36-23)21-8-10-22(31)11-9-21/h4-11,17H,2-3,12-14,18,32H2,1H3,(H,35,37). The van der Waals surface area contributed by atoms with Crippen molar-refractivity contribution in [2.75, 3.05) is 25.5 Å². The second-order valence-electron chi connectivity index (χ2n) is 8.86. The first-order valence-electron chi connectivity index (χ1n) is 12.8. The van der Waals surface area contributed by atoms with E-state index in [0.29, 0.717) is 51.3 Å². The summed E-state index contributed by atoms with van der Waals surface area (Å²) in [5, 5.41) is 27.3. The number of hydrogen-bond donors (Lipinski definition) is 2. The predicted molar refractivity (Wildman–Crippen MR) is 164 cm³/mol. The van der Waals surface area contributed by atoms with Crippen LogP contribution in [0.25, 0.3) is 21.7 Å². The first-order chi connectivity index (χ1) is 20.0. The van der Waals surface area contributed by atoms with Gasteiger partial charge in [0.15, 0.2) is 0 Å². The maximum atomic E-state index is 11.5. The van der Waals surface area contributed by atoms with Crippen LogP contribution in [0.3, 0.4) is 0 Å². The van der Waals surface area contributed by atoms with E-state index in [-0.39, 0.29) is 18.9 Å². The van der Waals surface area contributed by atoms with Gasteiger partial charge in [-0.2, -0.15) is 10.5 Å². The summed E-state index contributed by atoms with van der Waals surface area (Å²) < 4.78 is 5.16. The van der Waals surface area contributed by atoms with E-state index in [0.717, 1.165) is 33.8 Å². The van der Waals surface area contributed by atoms with Crippen molar-refractivity contribution < 1.29 is 9.53 Å². The Labute approximate surface area is 252 Å². The summed E-state index contributed by atoms with van der Waals surface area (Å²) in [7, 11) is 1.70. The number of carbonyl (C=O) groups excluding carboxylic acids is 1. The van der Waals surface area contributed by atoms with Gasteiger partial charge in [-0.15, -0.1) is 11.3 Å². The largest absolute Gasteiger partial charge is 0.466 e. The number of rotatable bonds is 12. The van der Waals surface area contributed by atoms with Gasteiger partial charge in [0.2, 0.25) is 0 Å². The van der Waals surface area contributed by atoms with Crippen molar-refractivity contribution in [2.24, 2.45) is 5.73 Å². The van der Waals surface area contributed by atoms with Crippen LogP contribution in [-0.4, -0.2) is 36.1 Å². The number of nitriles is 2. The fraction of sp³-hybridized carbons (Fsp3) is 0.233. The van der Waals surface area contributed by atoms with E-state index in [1.54, 1.807) is 18.4 Å². The first-order valence-corrected chi connectivity index (χ1v) is 15.1. The van der Waals surface area contributed by atoms with Crippen molar-refractivity contribution in [3.05, 3.63) is 81.3 Å². The summed E-state index contributed by atoms with van der Waals surface area (Å²) in [5.74, 6) is 0.626. The molecule has 3 N–H and O–H groups in total. The minimum Gasteiger partial charge on any atom is -0.466 e. The van der Waals surface area contributed by atoms with Gasteiger partial charge in [-0.3, -0.25) is 4.79 Å². The molecule has 0 saturated carbocycles. The van der Waals surface area contributed by atoms with Gasteiger partial charge in [0.25, 0.3) is 0 Å². The van der Waals surface area contributed by atoms with Crippen LogP contribution in [0.2, 0.25) is 5.02 Å². The Balaban J connectivity index is 1.54. The van der Waals surface area contributed by atoms with Gasteiger partial charge in [-0.05, 0) is 36.1 Å². The molecule has 0 aliphatic carbocycles. The maximum absolute atomic E-state index is 11.5. The maximum Gasteiger partial charge on any atom is 0.307 e. The van der Waals surface area contributed by atoms with Crippen LogP contribution in [0.1, 0.15) is 35.2 Å². The number of nitrogens with one attached hydrogen (secondary N) is 1. The molecule has 4 aromatic rings. The van der Waals surface area contributed by atoms with E-state index < -0.39 is 0 Å². The molecule has 0 amide bonds. The van der Waals surface area contributed by atoms with Crippen LogP contribution in [0.5, 0.6) is 0 Å². The SMILES string of the molecule is CNc1nc(SCc2csc(-c3ccc(Cl)cc3)n2)c(C#N)c(-c2ccc(CCCOC(=O)CCN)cc2)c1C#N. The number of halogens is 1. The highest BCUT2D eigenvalue weighted by Gasteiger charge is 2.22. The minimum absolute atomic E-state index is 0.214. The number of carbonyl (C=O) groups is 1. The number of anilines is 1. The molecule has 0 saturated heterocycles. The number of aromatic nitrogens is 2. The lowest BCUT2D eigenvalue weighted by molar-refractivity contribution is -0.143. The van der Waals surface area contributed by atoms with Crippen LogP contribution >= 0.6 is 34.7 Å². The number of nitrogens with two attached hydrogens (primary N) is 1. The third-order valence-electron chi connectivity index (χ3n) is 6.09. The molecule has 2 aromatic carbocycles. The van der Waals surface area contributed by atoms with Gasteiger partial charge in [0, 0.05) is 40.9 Å². The molecule has 11 heteroatoms. The number of hydrogen-bond acceptors (Lipinski definition) is 10. The lowest BCUT2D eigenvalue weighted by Crippen LogP contribution is -2.12. The zero-order chi connectivity index (χ0) is 29.2. The van der Waals surface area contributed by atoms with Crippen molar-refractivity contribution in [3.63, 3.8) is 0 Å². The van der Waals surface area contributed by atoms with Crippen LogP contribution in [0.15, 0.2) is 58.9 Å². The Kier molecular flexibility index (Phi) is 10.7. The Bertz CT molecular complexity index is 1590. The normalized spacial score (nSPS) is 10.6. The second-order valence-corrected chi connectivity index (χ2v) is 11.1. The molecular formula is C30H27ClN6O2S2. The van der Waals surface area contributed by atoms with Gasteiger partial charge in [0.1, 0.15) is 33.6 Å². The number of benzene rings is 2. The molecule has 0 atom stereocenters. The molecular weight excluding hydrogens is 576 g/mol. The highest BCUT2D eigenvalue weighted by molar-refractivity contribution is 7.98. The van der Waals surface area contributed by atoms with Crippen LogP contribution in [0.4, 0.5) is 5.82 Å². The van der Waals surface area contributed by atoms with E-state index >= 15 is 0 Å². The van der Waals surface area contributed by atoms with Gasteiger partial charge in [-0.25, -0.2) is 9.97 Å². The summed E-state index contributed by atoms with van der Waals surface area (Å²) in [6.45, 7) is 0.602. The molecule has 0 aliphatic heterocycles. The Morgan fingerprint density at radius 1 is 1.07 bits per heavy atom. The van der Waals surface area contributed by atoms with Crippen molar-refractivity contribution in [2.45, 2.75) is 30.0 Å². The van der Waals surface area contributed by atoms with E-state index in [9.17, 15) is 15.3 Å². The predicted octanol–water partition coefficient (Wildman–Crippen LogP) is 6.43. The Morgan fingerprint density at radius 3 is 2.44 bits per heavy atom. The molecule has 8 nitrogen and oxygen atoms in total. The van der Waals surface area contributed by atoms with Gasteiger partial charge >= 0.3 is 5.97 Å². The topological polar surface area (TPSA) is 138 Å². The summed E-state index contributed by atoms with van der Waals surface area (Å²) >= 11 is 8.96. The zero-order valence-corrected chi connectivity index (χ0v) is 24.7. The molecule has 4 rings (SSSR count). The van der Waals surface area contributed by atoms with E-state index in [2.05, 4.69) is 22.4 Å². The highest BCUT2D eigenvalue weighted by atomic mass is 35.5.